The van der Waals surface area contributed by atoms with Gasteiger partial charge in [-0.05, 0) is 36.5 Å². The van der Waals surface area contributed by atoms with Gasteiger partial charge in [0.2, 0.25) is 17.7 Å². The molecule has 0 aliphatic heterocycles. The van der Waals surface area contributed by atoms with Gasteiger partial charge in [0, 0.05) is 13.0 Å². The molecule has 1 aromatic rings. The molecular formula is C23H37N7O7. The van der Waals surface area contributed by atoms with Crippen LogP contribution in [-0.4, -0.2) is 82.3 Å². The van der Waals surface area contributed by atoms with E-state index >= 15 is 0 Å². The Bertz CT molecular complexity index is 949. The lowest BCUT2D eigenvalue weighted by Crippen LogP contribution is -2.59. The summed E-state index contributed by atoms with van der Waals surface area (Å²) in [5, 5.41) is 35.9. The van der Waals surface area contributed by atoms with Crippen LogP contribution in [-0.2, 0) is 25.6 Å². The second-order valence-corrected chi connectivity index (χ2v) is 8.79. The third kappa shape index (κ3) is 11.1. The van der Waals surface area contributed by atoms with Crippen LogP contribution in [0.2, 0.25) is 0 Å². The number of aromatic hydroxyl groups is 1. The lowest BCUT2D eigenvalue weighted by atomic mass is 10.0. The minimum atomic E-state index is -1.40. The molecule has 0 aromatic heterocycles. The molecule has 0 aliphatic carbocycles. The average Bonchev–Trinajstić information content (AvgIpc) is 2.83. The summed E-state index contributed by atoms with van der Waals surface area (Å²) in [4.78, 5) is 53.6. The number of aliphatic imine (C=N–C) groups is 1. The molecule has 37 heavy (non-hydrogen) atoms. The van der Waals surface area contributed by atoms with Gasteiger partial charge in [-0.25, -0.2) is 4.79 Å². The number of rotatable bonds is 15. The number of guanidine groups is 1. The number of carbonyl (C=O) groups excluding carboxylic acids is 3. The average molecular weight is 524 g/mol. The predicted octanol–water partition coefficient (Wildman–Crippen LogP) is -2.50. The summed E-state index contributed by atoms with van der Waals surface area (Å²) in [6.07, 6.45) is 0.203. The maximum Gasteiger partial charge on any atom is 0.326 e. The maximum atomic E-state index is 13.1. The minimum absolute atomic E-state index is 0.00921. The Morgan fingerprint density at radius 2 is 1.46 bits per heavy atom. The molecule has 0 spiro atoms. The molecule has 4 atom stereocenters. The van der Waals surface area contributed by atoms with Crippen LogP contribution in [0.3, 0.4) is 0 Å². The van der Waals surface area contributed by atoms with Gasteiger partial charge in [0.15, 0.2) is 5.96 Å². The van der Waals surface area contributed by atoms with Gasteiger partial charge < -0.3 is 48.5 Å². The molecule has 0 saturated carbocycles. The van der Waals surface area contributed by atoms with Crippen LogP contribution in [0, 0.1) is 5.92 Å². The normalized spacial score (nSPS) is 14.1. The van der Waals surface area contributed by atoms with Crippen molar-refractivity contribution in [3.8, 4) is 5.75 Å². The zero-order valence-corrected chi connectivity index (χ0v) is 20.9. The SMILES string of the molecule is CC(C)C(N)C(=O)NC(CO)C(=O)NC(Cc1ccc(O)cc1)C(=O)NC(CCCN=C(N)N)C(=O)O. The lowest BCUT2D eigenvalue weighted by Gasteiger charge is -2.25. The zero-order valence-electron chi connectivity index (χ0n) is 20.9. The van der Waals surface area contributed by atoms with E-state index in [1.165, 1.54) is 24.3 Å². The summed E-state index contributed by atoms with van der Waals surface area (Å²) in [6.45, 7) is 2.82. The number of nitrogens with two attached hydrogens (primary N) is 3. The highest BCUT2D eigenvalue weighted by Crippen LogP contribution is 2.12. The quantitative estimate of drug-likeness (QED) is 0.0663. The van der Waals surface area contributed by atoms with Gasteiger partial charge in [-0.2, -0.15) is 0 Å². The monoisotopic (exact) mass is 523 g/mol. The highest BCUT2D eigenvalue weighted by atomic mass is 16.4. The van der Waals surface area contributed by atoms with Crippen molar-refractivity contribution in [2.75, 3.05) is 13.2 Å². The molecule has 206 valence electrons. The summed E-state index contributed by atoms with van der Waals surface area (Å²) >= 11 is 0. The van der Waals surface area contributed by atoms with Gasteiger partial charge in [0.25, 0.3) is 0 Å². The van der Waals surface area contributed by atoms with Crippen molar-refractivity contribution in [2.24, 2.45) is 28.1 Å². The van der Waals surface area contributed by atoms with E-state index < -0.39 is 54.5 Å². The van der Waals surface area contributed by atoms with E-state index in [0.717, 1.165) is 0 Å². The molecular weight excluding hydrogens is 486 g/mol. The largest absolute Gasteiger partial charge is 0.508 e. The molecule has 1 aromatic carbocycles. The fourth-order valence-electron chi connectivity index (χ4n) is 3.15. The van der Waals surface area contributed by atoms with Gasteiger partial charge in [-0.3, -0.25) is 19.4 Å². The van der Waals surface area contributed by atoms with E-state index in [0.29, 0.717) is 5.56 Å². The molecule has 4 unspecified atom stereocenters. The number of aliphatic carboxylic acids is 1. The number of hydrogen-bond acceptors (Lipinski definition) is 8. The first-order chi connectivity index (χ1) is 17.3. The standard InChI is InChI=1S/C23H37N7O7/c1-12(2)18(24)21(35)30-17(11-31)20(34)29-16(10-13-5-7-14(32)8-6-13)19(33)28-15(22(36)37)4-3-9-27-23(25)26/h5-8,12,15-18,31-32H,3-4,9-11,24H2,1-2H3,(H,28,33)(H,29,34)(H,30,35)(H,36,37)(H4,25,26,27). The van der Waals surface area contributed by atoms with Crippen LogP contribution in [0.5, 0.6) is 5.75 Å². The molecule has 0 radical (unpaired) electrons. The number of nitrogens with zero attached hydrogens (tertiary/aromatic N) is 1. The first kappa shape index (κ1) is 31.1. The highest BCUT2D eigenvalue weighted by molar-refractivity contribution is 5.94. The lowest BCUT2D eigenvalue weighted by molar-refractivity contribution is -0.142. The third-order valence-electron chi connectivity index (χ3n) is 5.41. The molecule has 14 nitrogen and oxygen atoms in total. The number of phenols is 1. The van der Waals surface area contributed by atoms with Crippen LogP contribution in [0.1, 0.15) is 32.3 Å². The Kier molecular flexibility index (Phi) is 12.8. The van der Waals surface area contributed by atoms with Crippen molar-refractivity contribution in [2.45, 2.75) is 57.3 Å². The van der Waals surface area contributed by atoms with Crippen molar-refractivity contribution in [1.82, 2.24) is 16.0 Å². The highest BCUT2D eigenvalue weighted by Gasteiger charge is 2.30. The number of carboxylic acids is 1. The maximum absolute atomic E-state index is 13.1. The van der Waals surface area contributed by atoms with Crippen molar-refractivity contribution < 1.29 is 34.5 Å². The van der Waals surface area contributed by atoms with Gasteiger partial charge in [-0.15, -0.1) is 0 Å². The van der Waals surface area contributed by atoms with E-state index in [-0.39, 0.29) is 43.4 Å². The number of hydrogen-bond donors (Lipinski definition) is 9. The number of phenolic OH excluding ortho intramolecular Hbond substituents is 1. The van der Waals surface area contributed by atoms with Gasteiger partial charge in [0.1, 0.15) is 23.9 Å². The molecule has 0 heterocycles. The Labute approximate surface area is 214 Å². The van der Waals surface area contributed by atoms with E-state index in [9.17, 15) is 34.5 Å². The second-order valence-electron chi connectivity index (χ2n) is 8.79. The Balaban J connectivity index is 3.04. The van der Waals surface area contributed by atoms with E-state index in [1.807, 2.05) is 0 Å². The van der Waals surface area contributed by atoms with Gasteiger partial charge in [-0.1, -0.05) is 26.0 Å². The van der Waals surface area contributed by atoms with Crippen molar-refractivity contribution in [3.63, 3.8) is 0 Å². The van der Waals surface area contributed by atoms with Crippen LogP contribution >= 0.6 is 0 Å². The van der Waals surface area contributed by atoms with Crippen LogP contribution in [0.15, 0.2) is 29.3 Å². The van der Waals surface area contributed by atoms with Crippen LogP contribution in [0.25, 0.3) is 0 Å². The molecule has 3 amide bonds. The summed E-state index contributed by atoms with van der Waals surface area (Å²) in [5.41, 5.74) is 16.8. The number of aliphatic hydroxyl groups is 1. The number of benzene rings is 1. The third-order valence-corrected chi connectivity index (χ3v) is 5.41. The van der Waals surface area contributed by atoms with Gasteiger partial charge in [0.05, 0.1) is 12.6 Å². The summed E-state index contributed by atoms with van der Waals surface area (Å²) in [7, 11) is 0. The molecule has 0 aliphatic rings. The number of nitrogens with one attached hydrogen (secondary N) is 3. The first-order valence-corrected chi connectivity index (χ1v) is 11.7. The van der Waals surface area contributed by atoms with Crippen molar-refractivity contribution >= 4 is 29.7 Å². The van der Waals surface area contributed by atoms with Crippen LogP contribution < -0.4 is 33.2 Å². The molecule has 14 heteroatoms. The second kappa shape index (κ2) is 15.3. The molecule has 1 rings (SSSR count). The Morgan fingerprint density at radius 1 is 0.919 bits per heavy atom. The van der Waals surface area contributed by atoms with Gasteiger partial charge >= 0.3 is 5.97 Å². The fourth-order valence-corrected chi connectivity index (χ4v) is 3.15. The minimum Gasteiger partial charge on any atom is -0.508 e. The van der Waals surface area contributed by atoms with E-state index in [4.69, 9.17) is 17.2 Å². The predicted molar refractivity (Wildman–Crippen MR) is 135 cm³/mol. The zero-order chi connectivity index (χ0) is 28.1. The Hall–Kier alpha value is -3.91. The van der Waals surface area contributed by atoms with Crippen molar-refractivity contribution in [3.05, 3.63) is 29.8 Å². The summed E-state index contributed by atoms with van der Waals surface area (Å²) in [6, 6.07) is 0.937. The van der Waals surface area contributed by atoms with Crippen molar-refractivity contribution in [1.29, 1.82) is 0 Å². The summed E-state index contributed by atoms with van der Waals surface area (Å²) in [5.74, 6) is -4.01. The molecule has 0 fully saturated rings. The first-order valence-electron chi connectivity index (χ1n) is 11.7. The summed E-state index contributed by atoms with van der Waals surface area (Å²) < 4.78 is 0. The number of aliphatic hydroxyl groups excluding tert-OH is 1. The van der Waals surface area contributed by atoms with E-state index in [1.54, 1.807) is 13.8 Å². The van der Waals surface area contributed by atoms with Crippen LogP contribution in [0.4, 0.5) is 0 Å². The number of carbonyl (C=O) groups is 4. The Morgan fingerprint density at radius 3 is 1.97 bits per heavy atom. The van der Waals surface area contributed by atoms with E-state index in [2.05, 4.69) is 20.9 Å². The number of amides is 3. The molecule has 12 N–H and O–H groups in total. The molecule has 0 bridgehead atoms. The topological polar surface area (TPSA) is 255 Å². The smallest absolute Gasteiger partial charge is 0.326 e. The number of carboxylic acid groups (broad SMARTS) is 1. The fraction of sp³-hybridized carbons (Fsp3) is 0.522. The molecule has 0 saturated heterocycles.